The summed E-state index contributed by atoms with van der Waals surface area (Å²) in [5.41, 5.74) is 1.72. The number of halogens is 1. The summed E-state index contributed by atoms with van der Waals surface area (Å²) in [4.78, 5) is 31.4. The highest BCUT2D eigenvalue weighted by Gasteiger charge is 2.31. The first-order chi connectivity index (χ1) is 15.0. The van der Waals surface area contributed by atoms with Crippen molar-refractivity contribution in [3.05, 3.63) is 54.1 Å². The van der Waals surface area contributed by atoms with Gasteiger partial charge in [-0.05, 0) is 49.7 Å². The third-order valence-electron chi connectivity index (χ3n) is 6.23. The molecule has 2 amide bonds. The molecule has 31 heavy (non-hydrogen) atoms. The number of benzene rings is 1. The topological polar surface area (TPSA) is 60.8 Å². The zero-order chi connectivity index (χ0) is 21.8. The second kappa shape index (κ2) is 9.62. The zero-order valence-corrected chi connectivity index (χ0v) is 18.0. The number of piperazine rings is 1. The van der Waals surface area contributed by atoms with Crippen LogP contribution in [0.25, 0.3) is 0 Å². The predicted octanol–water partition coefficient (Wildman–Crippen LogP) is 2.08. The van der Waals surface area contributed by atoms with Crippen molar-refractivity contribution in [2.75, 3.05) is 51.1 Å². The van der Waals surface area contributed by atoms with Gasteiger partial charge in [-0.1, -0.05) is 6.07 Å². The van der Waals surface area contributed by atoms with Crippen LogP contribution in [0.2, 0.25) is 0 Å². The Bertz CT molecular complexity index is 922. The summed E-state index contributed by atoms with van der Waals surface area (Å²) >= 11 is 0. The van der Waals surface area contributed by atoms with Crippen LogP contribution in [0, 0.1) is 5.82 Å². The van der Waals surface area contributed by atoms with Crippen LogP contribution in [0.5, 0.6) is 0 Å². The minimum atomic E-state index is -0.378. The smallest absolute Gasteiger partial charge is 0.238 e. The van der Waals surface area contributed by atoms with E-state index in [0.29, 0.717) is 44.5 Å². The van der Waals surface area contributed by atoms with Crippen molar-refractivity contribution in [2.24, 2.45) is 7.05 Å². The van der Waals surface area contributed by atoms with Crippen LogP contribution in [-0.2, 0) is 16.6 Å². The van der Waals surface area contributed by atoms with E-state index in [9.17, 15) is 14.0 Å². The fourth-order valence-electron chi connectivity index (χ4n) is 4.57. The Morgan fingerprint density at radius 1 is 1.06 bits per heavy atom. The molecule has 1 aromatic heterocycles. The van der Waals surface area contributed by atoms with Gasteiger partial charge in [-0.3, -0.25) is 19.4 Å². The number of hydrogen-bond donors (Lipinski definition) is 1. The number of anilines is 1. The molecule has 2 saturated heterocycles. The molecule has 0 aliphatic carbocycles. The highest BCUT2D eigenvalue weighted by atomic mass is 19.1. The van der Waals surface area contributed by atoms with E-state index in [-0.39, 0.29) is 24.2 Å². The lowest BCUT2D eigenvalue weighted by Crippen LogP contribution is -2.52. The van der Waals surface area contributed by atoms with Gasteiger partial charge in [0.25, 0.3) is 0 Å². The number of likely N-dealkylation sites (tertiary alicyclic amines) is 1. The molecule has 1 aromatic carbocycles. The largest absolute Gasteiger partial charge is 0.353 e. The maximum atomic E-state index is 13.3. The maximum Gasteiger partial charge on any atom is 0.238 e. The third kappa shape index (κ3) is 5.32. The third-order valence-corrected chi connectivity index (χ3v) is 6.23. The van der Waals surface area contributed by atoms with Crippen molar-refractivity contribution in [3.63, 3.8) is 0 Å². The van der Waals surface area contributed by atoms with Gasteiger partial charge in [0, 0.05) is 50.8 Å². The molecular weight excluding hydrogens is 397 g/mol. The number of hydrogen-bond acceptors (Lipinski definition) is 4. The lowest BCUT2D eigenvalue weighted by molar-refractivity contribution is -0.134. The van der Waals surface area contributed by atoms with Crippen LogP contribution in [-0.4, -0.2) is 76.9 Å². The molecule has 1 N–H and O–H groups in total. The minimum absolute atomic E-state index is 0.157. The van der Waals surface area contributed by atoms with Gasteiger partial charge in [-0.25, -0.2) is 4.39 Å². The average Bonchev–Trinajstić information content (AvgIpc) is 3.36. The van der Waals surface area contributed by atoms with E-state index in [1.54, 1.807) is 12.1 Å². The summed E-state index contributed by atoms with van der Waals surface area (Å²) in [5.74, 6) is -0.393. The van der Waals surface area contributed by atoms with Gasteiger partial charge in [0.1, 0.15) is 5.82 Å². The summed E-state index contributed by atoms with van der Waals surface area (Å²) in [6, 6.07) is 10.4. The second-order valence-corrected chi connectivity index (χ2v) is 8.39. The fraction of sp³-hybridized carbons (Fsp3) is 0.478. The monoisotopic (exact) mass is 427 g/mol. The first-order valence-electron chi connectivity index (χ1n) is 10.9. The number of nitrogens with one attached hydrogen (secondary N) is 1. The normalized spacial score (nSPS) is 20.2. The maximum absolute atomic E-state index is 13.3. The Morgan fingerprint density at radius 2 is 1.87 bits per heavy atom. The first-order valence-corrected chi connectivity index (χ1v) is 10.9. The SMILES string of the molecule is Cn1cccc1[C@@H]1CCCN1CC(=O)N1CCN(CC(=O)Nc2cccc(F)c2)CC1. The van der Waals surface area contributed by atoms with E-state index in [0.717, 1.165) is 19.4 Å². The molecule has 2 fully saturated rings. The van der Waals surface area contributed by atoms with Gasteiger partial charge < -0.3 is 14.8 Å². The van der Waals surface area contributed by atoms with Gasteiger partial charge in [-0.15, -0.1) is 0 Å². The summed E-state index contributed by atoms with van der Waals surface area (Å²) in [5, 5.41) is 2.73. The van der Waals surface area contributed by atoms with Crippen molar-refractivity contribution in [1.82, 2.24) is 19.3 Å². The van der Waals surface area contributed by atoms with E-state index in [4.69, 9.17) is 0 Å². The molecule has 7 nitrogen and oxygen atoms in total. The quantitative estimate of drug-likeness (QED) is 0.767. The molecule has 0 bridgehead atoms. The van der Waals surface area contributed by atoms with Crippen molar-refractivity contribution in [2.45, 2.75) is 18.9 Å². The lowest BCUT2D eigenvalue weighted by atomic mass is 10.1. The van der Waals surface area contributed by atoms with Crippen LogP contribution in [0.1, 0.15) is 24.6 Å². The van der Waals surface area contributed by atoms with Crippen LogP contribution < -0.4 is 5.32 Å². The Kier molecular flexibility index (Phi) is 6.67. The van der Waals surface area contributed by atoms with Gasteiger partial charge in [0.05, 0.1) is 19.1 Å². The van der Waals surface area contributed by atoms with E-state index < -0.39 is 0 Å². The Morgan fingerprint density at radius 3 is 2.58 bits per heavy atom. The van der Waals surface area contributed by atoms with Crippen molar-refractivity contribution in [3.8, 4) is 0 Å². The van der Waals surface area contributed by atoms with Gasteiger partial charge in [-0.2, -0.15) is 0 Å². The van der Waals surface area contributed by atoms with E-state index >= 15 is 0 Å². The van der Waals surface area contributed by atoms with Gasteiger partial charge in [0.2, 0.25) is 11.8 Å². The number of aromatic nitrogens is 1. The van der Waals surface area contributed by atoms with E-state index in [1.807, 2.05) is 9.80 Å². The van der Waals surface area contributed by atoms with Crippen LogP contribution in [0.4, 0.5) is 10.1 Å². The van der Waals surface area contributed by atoms with Gasteiger partial charge >= 0.3 is 0 Å². The molecule has 2 aliphatic heterocycles. The summed E-state index contributed by atoms with van der Waals surface area (Å²) in [7, 11) is 2.05. The highest BCUT2D eigenvalue weighted by molar-refractivity contribution is 5.92. The fourth-order valence-corrected chi connectivity index (χ4v) is 4.57. The van der Waals surface area contributed by atoms with E-state index in [2.05, 4.69) is 40.2 Å². The van der Waals surface area contributed by atoms with Crippen molar-refractivity contribution < 1.29 is 14.0 Å². The first kappa shape index (κ1) is 21.5. The van der Waals surface area contributed by atoms with Crippen LogP contribution in [0.3, 0.4) is 0 Å². The minimum Gasteiger partial charge on any atom is -0.353 e. The van der Waals surface area contributed by atoms with Crippen LogP contribution in [0.15, 0.2) is 42.6 Å². The molecule has 2 aromatic rings. The standard InChI is InChI=1S/C23H30FN5O2/c1-26-9-3-7-20(26)21-8-4-10-29(21)17-23(31)28-13-11-27(12-14-28)16-22(30)25-19-6-2-5-18(24)15-19/h2-3,5-7,9,15,21H,4,8,10-14,16-17H2,1H3,(H,25,30)/t21-/m0/s1. The molecule has 8 heteroatoms. The van der Waals surface area contributed by atoms with Crippen molar-refractivity contribution >= 4 is 17.5 Å². The molecule has 0 unspecified atom stereocenters. The Labute approximate surface area is 182 Å². The summed E-state index contributed by atoms with van der Waals surface area (Å²) in [6.07, 6.45) is 4.24. The number of carbonyl (C=O) groups is 2. The predicted molar refractivity (Wildman–Crippen MR) is 117 cm³/mol. The number of rotatable bonds is 6. The molecule has 2 aliphatic rings. The zero-order valence-electron chi connectivity index (χ0n) is 18.0. The Hall–Kier alpha value is -2.71. The molecule has 0 spiro atoms. The van der Waals surface area contributed by atoms with Crippen LogP contribution >= 0.6 is 0 Å². The Balaban J connectivity index is 1.23. The van der Waals surface area contributed by atoms with Gasteiger partial charge in [0.15, 0.2) is 0 Å². The summed E-state index contributed by atoms with van der Waals surface area (Å²) in [6.45, 7) is 4.18. The average molecular weight is 428 g/mol. The second-order valence-electron chi connectivity index (χ2n) is 8.39. The molecule has 4 rings (SSSR count). The molecule has 166 valence electrons. The number of nitrogens with zero attached hydrogens (tertiary/aromatic N) is 4. The molecular formula is C23H30FN5O2. The number of amides is 2. The van der Waals surface area contributed by atoms with E-state index in [1.165, 1.54) is 17.8 Å². The molecule has 3 heterocycles. The molecule has 0 radical (unpaired) electrons. The van der Waals surface area contributed by atoms with Crippen molar-refractivity contribution in [1.29, 1.82) is 0 Å². The summed E-state index contributed by atoms with van der Waals surface area (Å²) < 4.78 is 15.4. The molecule has 1 atom stereocenters. The highest BCUT2D eigenvalue weighted by Crippen LogP contribution is 2.31. The lowest BCUT2D eigenvalue weighted by Gasteiger charge is -2.35. The molecule has 0 saturated carbocycles. The number of aryl methyl sites for hydroxylation is 1. The number of carbonyl (C=O) groups excluding carboxylic acids is 2.